The van der Waals surface area contributed by atoms with Crippen molar-refractivity contribution in [3.8, 4) is 22.6 Å². The Kier molecular flexibility index (Phi) is 6.37. The Hall–Kier alpha value is -2.79. The topological polar surface area (TPSA) is 48.3 Å². The van der Waals surface area contributed by atoms with Crippen LogP contribution in [-0.4, -0.2) is 30.5 Å². The summed E-state index contributed by atoms with van der Waals surface area (Å²) in [6, 6.07) is 14.5. The van der Waals surface area contributed by atoms with Crippen molar-refractivity contribution in [2.24, 2.45) is 7.05 Å². The molecule has 0 saturated heterocycles. The van der Waals surface area contributed by atoms with E-state index in [1.54, 1.807) is 14.2 Å². The summed E-state index contributed by atoms with van der Waals surface area (Å²) in [6.07, 6.45) is 0.958. The monoisotopic (exact) mass is 379 g/mol. The molecule has 1 N–H and O–H groups in total. The average molecular weight is 380 g/mol. The fourth-order valence-electron chi connectivity index (χ4n) is 3.57. The second kappa shape index (κ2) is 8.93. The lowest BCUT2D eigenvalue weighted by Crippen LogP contribution is -2.18. The smallest absolute Gasteiger partial charge is 0.161 e. The van der Waals surface area contributed by atoms with Gasteiger partial charge in [-0.25, -0.2) is 0 Å². The molecular formula is C23H29N3O2. The van der Waals surface area contributed by atoms with Crippen LogP contribution in [-0.2, 0) is 20.0 Å². The highest BCUT2D eigenvalue weighted by atomic mass is 16.5. The molecule has 5 nitrogen and oxygen atoms in total. The summed E-state index contributed by atoms with van der Waals surface area (Å²) in [7, 11) is 5.34. The van der Waals surface area contributed by atoms with Crippen LogP contribution < -0.4 is 14.8 Å². The molecule has 5 heteroatoms. The minimum atomic E-state index is 0.742. The number of aromatic nitrogens is 2. The third-order valence-electron chi connectivity index (χ3n) is 5.22. The molecule has 0 bridgehead atoms. The summed E-state index contributed by atoms with van der Waals surface area (Å²) in [4.78, 5) is 0. The van der Waals surface area contributed by atoms with Gasteiger partial charge in [0.2, 0.25) is 0 Å². The van der Waals surface area contributed by atoms with E-state index in [1.165, 1.54) is 22.4 Å². The summed E-state index contributed by atoms with van der Waals surface area (Å²) >= 11 is 0. The Labute approximate surface area is 167 Å². The van der Waals surface area contributed by atoms with Crippen LogP contribution in [0.15, 0.2) is 42.5 Å². The summed E-state index contributed by atoms with van der Waals surface area (Å²) in [6.45, 7) is 5.83. The predicted octanol–water partition coefficient (Wildman–Crippen LogP) is 4.05. The van der Waals surface area contributed by atoms with Gasteiger partial charge in [-0.1, -0.05) is 30.3 Å². The molecule has 0 atom stereocenters. The number of aryl methyl sites for hydroxylation is 2. The van der Waals surface area contributed by atoms with Crippen LogP contribution in [0, 0.1) is 13.8 Å². The highest BCUT2D eigenvalue weighted by molar-refractivity contribution is 5.71. The van der Waals surface area contributed by atoms with Crippen LogP contribution >= 0.6 is 0 Å². The van der Waals surface area contributed by atoms with Gasteiger partial charge in [0.15, 0.2) is 11.5 Å². The first kappa shape index (κ1) is 20.0. The zero-order chi connectivity index (χ0) is 20.1. The molecule has 0 amide bonds. The normalized spacial score (nSPS) is 10.9. The Balaban J connectivity index is 1.78. The van der Waals surface area contributed by atoms with Gasteiger partial charge in [-0.05, 0) is 61.2 Å². The van der Waals surface area contributed by atoms with Gasteiger partial charge in [0.25, 0.3) is 0 Å². The van der Waals surface area contributed by atoms with Gasteiger partial charge in [0.1, 0.15) is 0 Å². The van der Waals surface area contributed by atoms with Crippen LogP contribution in [0.2, 0.25) is 0 Å². The van der Waals surface area contributed by atoms with E-state index < -0.39 is 0 Å². The predicted molar refractivity (Wildman–Crippen MR) is 113 cm³/mol. The van der Waals surface area contributed by atoms with Gasteiger partial charge in [-0.15, -0.1) is 0 Å². The van der Waals surface area contributed by atoms with Crippen LogP contribution in [0.1, 0.15) is 22.5 Å². The standard InChI is InChI=1S/C23H29N3O2/c1-16-20(17(2)26(3)25-16)11-12-24-15-19-13-22(27-4)23(28-5)14-21(19)18-9-7-6-8-10-18/h6-10,13-14,24H,11-12,15H2,1-5H3. The van der Waals surface area contributed by atoms with Gasteiger partial charge in [0.05, 0.1) is 19.9 Å². The molecule has 3 aromatic rings. The lowest BCUT2D eigenvalue weighted by atomic mass is 9.98. The maximum atomic E-state index is 5.51. The number of hydrogen-bond donors (Lipinski definition) is 1. The minimum absolute atomic E-state index is 0.742. The third kappa shape index (κ3) is 4.20. The quantitative estimate of drug-likeness (QED) is 0.600. The molecule has 2 aromatic carbocycles. The second-order valence-corrected chi connectivity index (χ2v) is 6.93. The van der Waals surface area contributed by atoms with Gasteiger partial charge >= 0.3 is 0 Å². The van der Waals surface area contributed by atoms with E-state index in [4.69, 9.17) is 9.47 Å². The van der Waals surface area contributed by atoms with Gasteiger partial charge < -0.3 is 14.8 Å². The zero-order valence-electron chi connectivity index (χ0n) is 17.4. The highest BCUT2D eigenvalue weighted by Crippen LogP contribution is 2.35. The molecule has 0 fully saturated rings. The molecule has 1 heterocycles. The summed E-state index contributed by atoms with van der Waals surface area (Å²) in [5.41, 5.74) is 7.17. The van der Waals surface area contributed by atoms with E-state index in [0.29, 0.717) is 0 Å². The largest absolute Gasteiger partial charge is 0.493 e. The van der Waals surface area contributed by atoms with E-state index in [2.05, 4.69) is 60.7 Å². The van der Waals surface area contributed by atoms with E-state index in [-0.39, 0.29) is 0 Å². The molecular weight excluding hydrogens is 350 g/mol. The number of nitrogens with zero attached hydrogens (tertiary/aromatic N) is 2. The van der Waals surface area contributed by atoms with Crippen molar-refractivity contribution in [3.05, 3.63) is 65.0 Å². The molecule has 0 unspecified atom stereocenters. The number of methoxy groups -OCH3 is 2. The number of ether oxygens (including phenoxy) is 2. The number of rotatable bonds is 8. The van der Waals surface area contributed by atoms with Crippen molar-refractivity contribution >= 4 is 0 Å². The van der Waals surface area contributed by atoms with Crippen molar-refractivity contribution in [3.63, 3.8) is 0 Å². The maximum absolute atomic E-state index is 5.51. The molecule has 0 aliphatic rings. The van der Waals surface area contributed by atoms with E-state index >= 15 is 0 Å². The van der Waals surface area contributed by atoms with Crippen LogP contribution in [0.4, 0.5) is 0 Å². The van der Waals surface area contributed by atoms with E-state index in [9.17, 15) is 0 Å². The van der Waals surface area contributed by atoms with Crippen LogP contribution in [0.3, 0.4) is 0 Å². The molecule has 1 aromatic heterocycles. The summed E-state index contributed by atoms with van der Waals surface area (Å²) < 4.78 is 13.0. The van der Waals surface area contributed by atoms with Crippen molar-refractivity contribution in [1.29, 1.82) is 0 Å². The SMILES string of the molecule is COc1cc(CNCCc2c(C)nn(C)c2C)c(-c2ccccc2)cc1OC. The summed E-state index contributed by atoms with van der Waals surface area (Å²) in [5.74, 6) is 1.49. The van der Waals surface area contributed by atoms with Crippen molar-refractivity contribution in [2.75, 3.05) is 20.8 Å². The van der Waals surface area contributed by atoms with E-state index in [0.717, 1.165) is 42.3 Å². The van der Waals surface area contributed by atoms with Gasteiger partial charge in [-0.3, -0.25) is 4.68 Å². The lowest BCUT2D eigenvalue weighted by Gasteiger charge is -2.16. The average Bonchev–Trinajstić information content (AvgIpc) is 2.96. The number of hydrogen-bond acceptors (Lipinski definition) is 4. The molecule has 0 aliphatic carbocycles. The maximum Gasteiger partial charge on any atom is 0.161 e. The highest BCUT2D eigenvalue weighted by Gasteiger charge is 2.13. The Morgan fingerprint density at radius 2 is 1.68 bits per heavy atom. The molecule has 0 radical (unpaired) electrons. The lowest BCUT2D eigenvalue weighted by molar-refractivity contribution is 0.354. The zero-order valence-corrected chi connectivity index (χ0v) is 17.4. The summed E-state index contributed by atoms with van der Waals surface area (Å²) in [5, 5.41) is 8.08. The van der Waals surface area contributed by atoms with E-state index in [1.807, 2.05) is 17.8 Å². The molecule has 0 saturated carbocycles. The first-order chi connectivity index (χ1) is 13.5. The Morgan fingerprint density at radius 3 is 2.29 bits per heavy atom. The van der Waals surface area contributed by atoms with Gasteiger partial charge in [0, 0.05) is 19.3 Å². The molecule has 0 aliphatic heterocycles. The number of benzene rings is 2. The molecule has 3 rings (SSSR count). The fraction of sp³-hybridized carbons (Fsp3) is 0.348. The minimum Gasteiger partial charge on any atom is -0.493 e. The van der Waals surface area contributed by atoms with Crippen molar-refractivity contribution in [2.45, 2.75) is 26.8 Å². The van der Waals surface area contributed by atoms with Crippen LogP contribution in [0.5, 0.6) is 11.5 Å². The van der Waals surface area contributed by atoms with Crippen molar-refractivity contribution in [1.82, 2.24) is 15.1 Å². The first-order valence-electron chi connectivity index (χ1n) is 9.55. The Morgan fingerprint density at radius 1 is 1.00 bits per heavy atom. The molecule has 148 valence electrons. The second-order valence-electron chi connectivity index (χ2n) is 6.93. The third-order valence-corrected chi connectivity index (χ3v) is 5.22. The van der Waals surface area contributed by atoms with Crippen LogP contribution in [0.25, 0.3) is 11.1 Å². The fourth-order valence-corrected chi connectivity index (χ4v) is 3.57. The first-order valence-corrected chi connectivity index (χ1v) is 9.55. The van der Waals surface area contributed by atoms with Gasteiger partial charge in [-0.2, -0.15) is 5.10 Å². The Bertz CT molecular complexity index is 933. The van der Waals surface area contributed by atoms with Crippen molar-refractivity contribution < 1.29 is 9.47 Å². The molecule has 0 spiro atoms. The molecule has 28 heavy (non-hydrogen) atoms. The number of nitrogens with one attached hydrogen (secondary N) is 1.